The highest BCUT2D eigenvalue weighted by Gasteiger charge is 2.26. The maximum absolute atomic E-state index is 9.55. The molecule has 1 aliphatic rings. The SMILES string of the molecule is O=C(O)OC1CO1. The number of rotatable bonds is 1. The summed E-state index contributed by atoms with van der Waals surface area (Å²) in [5.41, 5.74) is 0. The molecule has 40 valence electrons. The predicted octanol–water partition coefficient (Wildman–Crippen LogP) is 0.0373. The van der Waals surface area contributed by atoms with Crippen molar-refractivity contribution in [3.63, 3.8) is 0 Å². The number of hydrogen-bond acceptors (Lipinski definition) is 3. The van der Waals surface area contributed by atoms with Gasteiger partial charge in [-0.1, -0.05) is 0 Å². The number of ether oxygens (including phenoxy) is 2. The van der Waals surface area contributed by atoms with Crippen LogP contribution in [0.1, 0.15) is 0 Å². The second-order valence-corrected chi connectivity index (χ2v) is 1.15. The molecule has 1 fully saturated rings. The van der Waals surface area contributed by atoms with E-state index in [-0.39, 0.29) is 0 Å². The second-order valence-electron chi connectivity index (χ2n) is 1.15. The maximum atomic E-state index is 9.55. The highest BCUT2D eigenvalue weighted by Crippen LogP contribution is 2.09. The van der Waals surface area contributed by atoms with Gasteiger partial charge in [0.25, 0.3) is 0 Å². The van der Waals surface area contributed by atoms with Crippen LogP contribution in [0.25, 0.3) is 0 Å². The van der Waals surface area contributed by atoms with Gasteiger partial charge in [0.15, 0.2) is 0 Å². The van der Waals surface area contributed by atoms with Crippen LogP contribution < -0.4 is 0 Å². The summed E-state index contributed by atoms with van der Waals surface area (Å²) < 4.78 is 8.47. The Labute approximate surface area is 39.6 Å². The van der Waals surface area contributed by atoms with E-state index in [1.165, 1.54) is 0 Å². The molecule has 1 aliphatic heterocycles. The van der Waals surface area contributed by atoms with E-state index < -0.39 is 12.4 Å². The highest BCUT2D eigenvalue weighted by molar-refractivity contribution is 5.57. The predicted molar refractivity (Wildman–Crippen MR) is 18.8 cm³/mol. The average molecular weight is 104 g/mol. The summed E-state index contributed by atoms with van der Waals surface area (Å²) in [6.07, 6.45) is -1.75. The van der Waals surface area contributed by atoms with Crippen molar-refractivity contribution in [3.05, 3.63) is 0 Å². The average Bonchev–Trinajstić information content (AvgIpc) is 2.17. The summed E-state index contributed by atoms with van der Waals surface area (Å²) in [5.74, 6) is 0. The summed E-state index contributed by atoms with van der Waals surface area (Å²) >= 11 is 0. The first-order valence-corrected chi connectivity index (χ1v) is 1.80. The van der Waals surface area contributed by atoms with Crippen LogP contribution in [0, 0.1) is 0 Å². The Morgan fingerprint density at radius 3 is 2.71 bits per heavy atom. The van der Waals surface area contributed by atoms with Crippen LogP contribution in [-0.2, 0) is 9.47 Å². The standard InChI is InChI=1S/C3H4O4/c4-3(5)7-2-1-6-2/h2H,1H2,(H,4,5). The van der Waals surface area contributed by atoms with E-state index in [4.69, 9.17) is 5.11 Å². The molecule has 1 atom stereocenters. The molecule has 0 aromatic rings. The second kappa shape index (κ2) is 1.38. The third kappa shape index (κ3) is 1.41. The molecule has 0 spiro atoms. The zero-order valence-electron chi connectivity index (χ0n) is 3.46. The van der Waals surface area contributed by atoms with Crippen LogP contribution >= 0.6 is 0 Å². The van der Waals surface area contributed by atoms with E-state index in [0.29, 0.717) is 6.61 Å². The van der Waals surface area contributed by atoms with E-state index in [1.54, 1.807) is 0 Å². The molecule has 1 unspecified atom stereocenters. The van der Waals surface area contributed by atoms with Gasteiger partial charge in [0.2, 0.25) is 6.29 Å². The van der Waals surface area contributed by atoms with Gasteiger partial charge >= 0.3 is 6.16 Å². The minimum atomic E-state index is -1.28. The normalized spacial score (nSPS) is 26.6. The van der Waals surface area contributed by atoms with Gasteiger partial charge in [-0.15, -0.1) is 0 Å². The number of carbonyl (C=O) groups is 1. The van der Waals surface area contributed by atoms with Crippen LogP contribution in [0.2, 0.25) is 0 Å². The fourth-order valence-electron chi connectivity index (χ4n) is 0.220. The first-order valence-electron chi connectivity index (χ1n) is 1.80. The van der Waals surface area contributed by atoms with Crippen LogP contribution in [0.3, 0.4) is 0 Å². The van der Waals surface area contributed by atoms with E-state index in [0.717, 1.165) is 0 Å². The van der Waals surface area contributed by atoms with Crippen LogP contribution in [0.4, 0.5) is 4.79 Å². The minimum Gasteiger partial charge on any atom is -0.450 e. The van der Waals surface area contributed by atoms with Crippen molar-refractivity contribution in [2.24, 2.45) is 0 Å². The quantitative estimate of drug-likeness (QED) is 0.377. The summed E-state index contributed by atoms with van der Waals surface area (Å²) in [6.45, 7) is 0.409. The van der Waals surface area contributed by atoms with Gasteiger partial charge in [-0.3, -0.25) is 0 Å². The van der Waals surface area contributed by atoms with Crippen molar-refractivity contribution >= 4 is 6.16 Å². The zero-order chi connectivity index (χ0) is 5.28. The molecule has 0 bridgehead atoms. The maximum Gasteiger partial charge on any atom is 0.508 e. The lowest BCUT2D eigenvalue weighted by atomic mass is 10.9. The molecule has 1 saturated heterocycles. The van der Waals surface area contributed by atoms with Crippen molar-refractivity contribution in [2.75, 3.05) is 6.61 Å². The highest BCUT2D eigenvalue weighted by atomic mass is 16.8. The topological polar surface area (TPSA) is 59.1 Å². The Morgan fingerprint density at radius 2 is 2.57 bits per heavy atom. The van der Waals surface area contributed by atoms with Crippen molar-refractivity contribution in [1.29, 1.82) is 0 Å². The Balaban J connectivity index is 2.08. The molecule has 1 rings (SSSR count). The van der Waals surface area contributed by atoms with Gasteiger partial charge < -0.3 is 14.6 Å². The molecule has 4 nitrogen and oxygen atoms in total. The molecule has 4 heteroatoms. The van der Waals surface area contributed by atoms with Gasteiger partial charge in [0.05, 0.1) is 0 Å². The fraction of sp³-hybridized carbons (Fsp3) is 0.667. The molecule has 7 heavy (non-hydrogen) atoms. The summed E-state index contributed by atoms with van der Waals surface area (Å²) in [4.78, 5) is 9.55. The van der Waals surface area contributed by atoms with Gasteiger partial charge in [0.1, 0.15) is 6.61 Å². The lowest BCUT2D eigenvalue weighted by Gasteiger charge is -1.87. The Morgan fingerprint density at radius 1 is 2.00 bits per heavy atom. The van der Waals surface area contributed by atoms with Gasteiger partial charge in [0, 0.05) is 0 Å². The molecule has 0 aliphatic carbocycles. The lowest BCUT2D eigenvalue weighted by Crippen LogP contribution is -2.01. The van der Waals surface area contributed by atoms with Gasteiger partial charge in [-0.2, -0.15) is 0 Å². The Hall–Kier alpha value is -0.770. The van der Waals surface area contributed by atoms with Crippen molar-refractivity contribution in [1.82, 2.24) is 0 Å². The molecule has 0 saturated carbocycles. The molecule has 0 amide bonds. The van der Waals surface area contributed by atoms with Gasteiger partial charge in [-0.05, 0) is 0 Å². The van der Waals surface area contributed by atoms with Crippen LogP contribution in [0.5, 0.6) is 0 Å². The first-order chi connectivity index (χ1) is 3.29. The van der Waals surface area contributed by atoms with Crippen molar-refractivity contribution in [3.8, 4) is 0 Å². The molecule has 0 aromatic heterocycles. The van der Waals surface area contributed by atoms with E-state index in [9.17, 15) is 4.79 Å². The van der Waals surface area contributed by atoms with Crippen molar-refractivity contribution < 1.29 is 19.4 Å². The van der Waals surface area contributed by atoms with Gasteiger partial charge in [-0.25, -0.2) is 4.79 Å². The Kier molecular flexibility index (Phi) is 0.867. The zero-order valence-corrected chi connectivity index (χ0v) is 3.46. The van der Waals surface area contributed by atoms with E-state index in [1.807, 2.05) is 0 Å². The molecular formula is C3H4O4. The Bertz CT molecular complexity index is 84.9. The minimum absolute atomic E-state index is 0.409. The number of epoxide rings is 1. The lowest BCUT2D eigenvalue weighted by molar-refractivity contribution is 0.0501. The van der Waals surface area contributed by atoms with Crippen LogP contribution in [0.15, 0.2) is 0 Å². The fourth-order valence-corrected chi connectivity index (χ4v) is 0.220. The number of carboxylic acid groups (broad SMARTS) is 1. The number of hydrogen-bond donors (Lipinski definition) is 1. The largest absolute Gasteiger partial charge is 0.508 e. The molecule has 1 N–H and O–H groups in total. The van der Waals surface area contributed by atoms with E-state index in [2.05, 4.69) is 9.47 Å². The molecular weight excluding hydrogens is 100 g/mol. The third-order valence-electron chi connectivity index (χ3n) is 0.535. The summed E-state index contributed by atoms with van der Waals surface area (Å²) in [7, 11) is 0. The van der Waals surface area contributed by atoms with E-state index >= 15 is 0 Å². The smallest absolute Gasteiger partial charge is 0.450 e. The van der Waals surface area contributed by atoms with Crippen LogP contribution in [-0.4, -0.2) is 24.2 Å². The molecule has 0 radical (unpaired) electrons. The summed E-state index contributed by atoms with van der Waals surface area (Å²) in [5, 5.41) is 7.82. The summed E-state index contributed by atoms with van der Waals surface area (Å²) in [6, 6.07) is 0. The molecule has 1 heterocycles. The first kappa shape index (κ1) is 4.39. The van der Waals surface area contributed by atoms with Crippen molar-refractivity contribution in [2.45, 2.75) is 6.29 Å². The third-order valence-corrected chi connectivity index (χ3v) is 0.535. The molecule has 0 aromatic carbocycles. The monoisotopic (exact) mass is 104 g/mol.